The lowest BCUT2D eigenvalue weighted by molar-refractivity contribution is -0.274. The Morgan fingerprint density at radius 3 is 2.53 bits per heavy atom. The van der Waals surface area contributed by atoms with Gasteiger partial charge in [0.15, 0.2) is 0 Å². The molecule has 1 N–H and O–H groups in total. The molecule has 2 atom stereocenters. The highest BCUT2D eigenvalue weighted by Crippen LogP contribution is 2.26. The van der Waals surface area contributed by atoms with E-state index in [4.69, 9.17) is 0 Å². The van der Waals surface area contributed by atoms with Gasteiger partial charge in [0.1, 0.15) is 5.75 Å². The molecule has 1 heterocycles. The van der Waals surface area contributed by atoms with Crippen LogP contribution in [0.3, 0.4) is 0 Å². The van der Waals surface area contributed by atoms with E-state index in [1.54, 1.807) is 12.1 Å². The predicted octanol–water partition coefficient (Wildman–Crippen LogP) is 3.37. The highest BCUT2D eigenvalue weighted by molar-refractivity contribution is 5.27. The van der Waals surface area contributed by atoms with Crippen molar-refractivity contribution in [2.24, 2.45) is 11.8 Å². The summed E-state index contributed by atoms with van der Waals surface area (Å²) in [6.07, 6.45) is -2.60. The van der Waals surface area contributed by atoms with Gasteiger partial charge in [-0.3, -0.25) is 0 Å². The third-order valence-electron chi connectivity index (χ3n) is 3.62. The fourth-order valence-electron chi connectivity index (χ4n) is 2.50. The Kier molecular flexibility index (Phi) is 4.34. The molecule has 1 aliphatic rings. The minimum atomic E-state index is -4.62. The van der Waals surface area contributed by atoms with Crippen LogP contribution >= 0.6 is 0 Å². The zero-order valence-electron chi connectivity index (χ0n) is 10.8. The van der Waals surface area contributed by atoms with Gasteiger partial charge in [-0.15, -0.1) is 13.2 Å². The first-order valence-electron chi connectivity index (χ1n) is 6.49. The Hall–Kier alpha value is -1.23. The largest absolute Gasteiger partial charge is 0.573 e. The minimum absolute atomic E-state index is 0.158. The van der Waals surface area contributed by atoms with E-state index < -0.39 is 6.36 Å². The second kappa shape index (κ2) is 5.82. The van der Waals surface area contributed by atoms with E-state index in [1.165, 1.54) is 12.1 Å². The number of hydrogen-bond acceptors (Lipinski definition) is 2. The van der Waals surface area contributed by atoms with Gasteiger partial charge in [-0.1, -0.05) is 19.1 Å². The van der Waals surface area contributed by atoms with Gasteiger partial charge in [0, 0.05) is 0 Å². The summed E-state index contributed by atoms with van der Waals surface area (Å²) < 4.78 is 40.0. The second-order valence-corrected chi connectivity index (χ2v) is 5.13. The number of halogens is 3. The first-order valence-corrected chi connectivity index (χ1v) is 6.49. The van der Waals surface area contributed by atoms with Crippen LogP contribution in [0.5, 0.6) is 5.75 Å². The molecule has 2 nitrogen and oxygen atoms in total. The number of nitrogens with one attached hydrogen (secondary N) is 1. The Balaban J connectivity index is 1.94. The molecule has 0 spiro atoms. The predicted molar refractivity (Wildman–Crippen MR) is 67.0 cm³/mol. The van der Waals surface area contributed by atoms with Crippen molar-refractivity contribution in [1.29, 1.82) is 0 Å². The van der Waals surface area contributed by atoms with E-state index in [1.807, 2.05) is 0 Å². The van der Waals surface area contributed by atoms with E-state index in [-0.39, 0.29) is 5.75 Å². The molecule has 1 aromatic rings. The molecule has 0 aliphatic carbocycles. The van der Waals surface area contributed by atoms with Gasteiger partial charge >= 0.3 is 6.36 Å². The molecule has 2 rings (SSSR count). The van der Waals surface area contributed by atoms with Crippen LogP contribution in [0, 0.1) is 11.8 Å². The molecule has 5 heteroatoms. The molecule has 0 amide bonds. The molecule has 1 aromatic carbocycles. The summed E-state index contributed by atoms with van der Waals surface area (Å²) in [7, 11) is 0. The first-order chi connectivity index (χ1) is 8.94. The normalized spacial score (nSPS) is 24.2. The lowest BCUT2D eigenvalue weighted by Crippen LogP contribution is -2.35. The number of benzene rings is 1. The Labute approximate surface area is 111 Å². The van der Waals surface area contributed by atoms with Crippen molar-refractivity contribution < 1.29 is 17.9 Å². The molecule has 1 fully saturated rings. The summed E-state index contributed by atoms with van der Waals surface area (Å²) in [5.74, 6) is 1.03. The van der Waals surface area contributed by atoms with Crippen LogP contribution in [-0.2, 0) is 6.42 Å². The maximum absolute atomic E-state index is 12.0. The molecule has 2 unspecified atom stereocenters. The SMILES string of the molecule is CC1CNCCC1Cc1ccc(OC(F)(F)F)cc1. The maximum atomic E-state index is 12.0. The molecular formula is C14H18F3NO. The third kappa shape index (κ3) is 4.42. The molecule has 0 saturated carbocycles. The van der Waals surface area contributed by atoms with Crippen LogP contribution in [-0.4, -0.2) is 19.5 Å². The second-order valence-electron chi connectivity index (χ2n) is 5.13. The molecule has 1 aliphatic heterocycles. The number of piperidine rings is 1. The van der Waals surface area contributed by atoms with Crippen molar-refractivity contribution in [2.45, 2.75) is 26.1 Å². The fraction of sp³-hybridized carbons (Fsp3) is 0.571. The molecular weight excluding hydrogens is 255 g/mol. The minimum Gasteiger partial charge on any atom is -0.406 e. The number of ether oxygens (including phenoxy) is 1. The van der Waals surface area contributed by atoms with Crippen molar-refractivity contribution in [1.82, 2.24) is 5.32 Å². The maximum Gasteiger partial charge on any atom is 0.573 e. The average Bonchev–Trinajstić information content (AvgIpc) is 2.33. The fourth-order valence-corrected chi connectivity index (χ4v) is 2.50. The number of rotatable bonds is 3. The summed E-state index contributed by atoms with van der Waals surface area (Å²) in [4.78, 5) is 0. The highest BCUT2D eigenvalue weighted by atomic mass is 19.4. The van der Waals surface area contributed by atoms with E-state index in [9.17, 15) is 13.2 Å². The highest BCUT2D eigenvalue weighted by Gasteiger charge is 2.31. The van der Waals surface area contributed by atoms with Crippen LogP contribution in [0.25, 0.3) is 0 Å². The monoisotopic (exact) mass is 273 g/mol. The zero-order valence-corrected chi connectivity index (χ0v) is 10.8. The molecule has 106 valence electrons. The van der Waals surface area contributed by atoms with Crippen molar-refractivity contribution in [2.75, 3.05) is 13.1 Å². The van der Waals surface area contributed by atoms with Crippen LogP contribution in [0.4, 0.5) is 13.2 Å². The van der Waals surface area contributed by atoms with E-state index in [2.05, 4.69) is 17.0 Å². The van der Waals surface area contributed by atoms with Crippen molar-refractivity contribution >= 4 is 0 Å². The van der Waals surface area contributed by atoms with Crippen LogP contribution in [0.1, 0.15) is 18.9 Å². The summed E-state index contributed by atoms with van der Waals surface area (Å²) in [5, 5.41) is 3.34. The molecule has 0 bridgehead atoms. The summed E-state index contributed by atoms with van der Waals surface area (Å²) in [6.45, 7) is 4.24. The van der Waals surface area contributed by atoms with E-state index >= 15 is 0 Å². The molecule has 0 aromatic heterocycles. The van der Waals surface area contributed by atoms with Gasteiger partial charge in [0.05, 0.1) is 0 Å². The Morgan fingerprint density at radius 2 is 1.95 bits per heavy atom. The van der Waals surface area contributed by atoms with Crippen molar-refractivity contribution in [3.63, 3.8) is 0 Å². The van der Waals surface area contributed by atoms with E-state index in [0.29, 0.717) is 11.8 Å². The van der Waals surface area contributed by atoms with Gasteiger partial charge in [-0.05, 0) is 55.5 Å². The first kappa shape index (κ1) is 14.2. The third-order valence-corrected chi connectivity index (χ3v) is 3.62. The van der Waals surface area contributed by atoms with Crippen molar-refractivity contribution in [3.05, 3.63) is 29.8 Å². The molecule has 1 saturated heterocycles. The topological polar surface area (TPSA) is 21.3 Å². The van der Waals surface area contributed by atoms with Gasteiger partial charge in [-0.25, -0.2) is 0 Å². The van der Waals surface area contributed by atoms with Crippen molar-refractivity contribution in [3.8, 4) is 5.75 Å². The number of hydrogen-bond donors (Lipinski definition) is 1. The van der Waals surface area contributed by atoms with Crippen LogP contribution < -0.4 is 10.1 Å². The van der Waals surface area contributed by atoms with Gasteiger partial charge in [-0.2, -0.15) is 0 Å². The Bertz CT molecular complexity index is 402. The lowest BCUT2D eigenvalue weighted by atomic mass is 9.83. The summed E-state index contributed by atoms with van der Waals surface area (Å²) >= 11 is 0. The standard InChI is InChI=1S/C14H18F3NO/c1-10-9-18-7-6-12(10)8-11-2-4-13(5-3-11)19-14(15,16)17/h2-5,10,12,18H,6-9H2,1H3. The van der Waals surface area contributed by atoms with Crippen LogP contribution in [0.15, 0.2) is 24.3 Å². The number of alkyl halides is 3. The average molecular weight is 273 g/mol. The molecule has 0 radical (unpaired) electrons. The van der Waals surface area contributed by atoms with E-state index in [0.717, 1.165) is 31.5 Å². The molecule has 19 heavy (non-hydrogen) atoms. The van der Waals surface area contributed by atoms with Gasteiger partial charge in [0.2, 0.25) is 0 Å². The van der Waals surface area contributed by atoms with Gasteiger partial charge in [0.25, 0.3) is 0 Å². The van der Waals surface area contributed by atoms with Gasteiger partial charge < -0.3 is 10.1 Å². The smallest absolute Gasteiger partial charge is 0.406 e. The Morgan fingerprint density at radius 1 is 1.26 bits per heavy atom. The zero-order chi connectivity index (χ0) is 13.9. The van der Waals surface area contributed by atoms with Crippen LogP contribution in [0.2, 0.25) is 0 Å². The quantitative estimate of drug-likeness (QED) is 0.911. The summed E-state index contributed by atoms with van der Waals surface area (Å²) in [5.41, 5.74) is 1.06. The summed E-state index contributed by atoms with van der Waals surface area (Å²) in [6, 6.07) is 6.20. The lowest BCUT2D eigenvalue weighted by Gasteiger charge is -2.29.